The van der Waals surface area contributed by atoms with Crippen LogP contribution in [0.1, 0.15) is 13.3 Å². The molecule has 0 atom stereocenters. The molecule has 2 heteroatoms. The summed E-state index contributed by atoms with van der Waals surface area (Å²) in [7, 11) is 0. The molecule has 106 valence electrons. The number of furan rings is 1. The molecule has 1 heterocycles. The van der Waals surface area contributed by atoms with Gasteiger partial charge in [-0.25, -0.2) is 0 Å². The van der Waals surface area contributed by atoms with Gasteiger partial charge >= 0.3 is 0 Å². The Morgan fingerprint density at radius 2 is 1.48 bits per heavy atom. The molecule has 2 nitrogen and oxygen atoms in total. The van der Waals surface area contributed by atoms with Crippen molar-refractivity contribution < 1.29 is 9.15 Å². The van der Waals surface area contributed by atoms with Gasteiger partial charge in [0.2, 0.25) is 0 Å². The lowest BCUT2D eigenvalue weighted by Gasteiger charge is -2.04. The van der Waals surface area contributed by atoms with Crippen molar-refractivity contribution in [2.24, 2.45) is 0 Å². The van der Waals surface area contributed by atoms with Gasteiger partial charge in [-0.3, -0.25) is 0 Å². The van der Waals surface area contributed by atoms with Gasteiger partial charge in [-0.15, -0.1) is 0 Å². The fraction of sp³-hybridized carbons (Fsp3) is 0.158. The molecule has 0 aliphatic carbocycles. The Bertz CT molecular complexity index is 684. The molecule has 0 unspecified atom stereocenters. The minimum Gasteiger partial charge on any atom is -0.490 e. The summed E-state index contributed by atoms with van der Waals surface area (Å²) in [5, 5.41) is 0. The van der Waals surface area contributed by atoms with E-state index >= 15 is 0 Å². The number of rotatable bonds is 5. The molecule has 0 amide bonds. The topological polar surface area (TPSA) is 22.4 Å². The van der Waals surface area contributed by atoms with E-state index < -0.39 is 0 Å². The summed E-state index contributed by atoms with van der Waals surface area (Å²) in [5.41, 5.74) is 2.09. The third kappa shape index (κ3) is 3.00. The van der Waals surface area contributed by atoms with Gasteiger partial charge in [-0.1, -0.05) is 67.6 Å². The molecule has 0 radical (unpaired) electrons. The van der Waals surface area contributed by atoms with Crippen LogP contribution in [0, 0.1) is 0 Å². The Kier molecular flexibility index (Phi) is 4.06. The third-order valence-electron chi connectivity index (χ3n) is 3.25. The van der Waals surface area contributed by atoms with Crippen LogP contribution < -0.4 is 4.74 Å². The van der Waals surface area contributed by atoms with Crippen LogP contribution in [0.2, 0.25) is 0 Å². The van der Waals surface area contributed by atoms with E-state index in [1.807, 2.05) is 66.7 Å². The van der Waals surface area contributed by atoms with E-state index in [0.29, 0.717) is 6.61 Å². The molecule has 3 rings (SSSR count). The number of hydrogen-bond acceptors (Lipinski definition) is 2. The summed E-state index contributed by atoms with van der Waals surface area (Å²) < 4.78 is 11.9. The molecule has 3 aromatic rings. The smallest absolute Gasteiger partial charge is 0.176 e. The standard InChI is InChI=1S/C19H18O2/c1-2-13-20-18-14-17(15-9-5-3-6-10-15)21-19(18)16-11-7-4-8-12-16/h3-12,14H,2,13H2,1H3. The van der Waals surface area contributed by atoms with Crippen molar-refractivity contribution in [2.75, 3.05) is 6.61 Å². The van der Waals surface area contributed by atoms with Crippen molar-refractivity contribution in [2.45, 2.75) is 13.3 Å². The van der Waals surface area contributed by atoms with Crippen LogP contribution in [-0.2, 0) is 0 Å². The highest BCUT2D eigenvalue weighted by Crippen LogP contribution is 2.37. The normalized spacial score (nSPS) is 10.5. The van der Waals surface area contributed by atoms with Crippen LogP contribution in [0.4, 0.5) is 0 Å². The maximum absolute atomic E-state index is 6.06. The van der Waals surface area contributed by atoms with Gasteiger partial charge in [-0.05, 0) is 6.42 Å². The van der Waals surface area contributed by atoms with E-state index in [2.05, 4.69) is 6.92 Å². The molecule has 0 aliphatic heterocycles. The molecule has 0 saturated heterocycles. The Labute approximate surface area is 125 Å². The Hall–Kier alpha value is -2.48. The summed E-state index contributed by atoms with van der Waals surface area (Å²) in [6.45, 7) is 2.79. The number of ether oxygens (including phenoxy) is 1. The van der Waals surface area contributed by atoms with Crippen molar-refractivity contribution in [1.82, 2.24) is 0 Å². The lowest BCUT2D eigenvalue weighted by molar-refractivity contribution is 0.316. The third-order valence-corrected chi connectivity index (χ3v) is 3.25. The largest absolute Gasteiger partial charge is 0.490 e. The van der Waals surface area contributed by atoms with E-state index in [0.717, 1.165) is 34.8 Å². The summed E-state index contributed by atoms with van der Waals surface area (Å²) >= 11 is 0. The zero-order valence-electron chi connectivity index (χ0n) is 12.1. The molecular formula is C19H18O2. The average molecular weight is 278 g/mol. The summed E-state index contributed by atoms with van der Waals surface area (Å²) in [5.74, 6) is 2.44. The van der Waals surface area contributed by atoms with Gasteiger partial charge in [0.25, 0.3) is 0 Å². The van der Waals surface area contributed by atoms with Gasteiger partial charge in [0.15, 0.2) is 11.5 Å². The second-order valence-corrected chi connectivity index (χ2v) is 4.88. The zero-order valence-corrected chi connectivity index (χ0v) is 12.1. The van der Waals surface area contributed by atoms with Crippen LogP contribution in [-0.4, -0.2) is 6.61 Å². The lowest BCUT2D eigenvalue weighted by atomic mass is 10.1. The van der Waals surface area contributed by atoms with Crippen LogP contribution in [0.3, 0.4) is 0 Å². The molecule has 21 heavy (non-hydrogen) atoms. The predicted octanol–water partition coefficient (Wildman–Crippen LogP) is 5.40. The van der Waals surface area contributed by atoms with Crippen molar-refractivity contribution in [3.8, 4) is 28.4 Å². The van der Waals surface area contributed by atoms with Gasteiger partial charge in [-0.2, -0.15) is 0 Å². The molecule has 2 aromatic carbocycles. The molecule has 0 saturated carbocycles. The fourth-order valence-electron chi connectivity index (χ4n) is 2.23. The Balaban J connectivity index is 2.03. The summed E-state index contributed by atoms with van der Waals surface area (Å²) in [6.07, 6.45) is 0.972. The van der Waals surface area contributed by atoms with E-state index in [1.54, 1.807) is 0 Å². The molecular weight excluding hydrogens is 260 g/mol. The van der Waals surface area contributed by atoms with Crippen LogP contribution in [0.15, 0.2) is 71.1 Å². The highest BCUT2D eigenvalue weighted by Gasteiger charge is 2.15. The minimum absolute atomic E-state index is 0.688. The van der Waals surface area contributed by atoms with E-state index in [9.17, 15) is 0 Å². The molecule has 0 fully saturated rings. The van der Waals surface area contributed by atoms with Crippen LogP contribution >= 0.6 is 0 Å². The first-order chi connectivity index (χ1) is 10.4. The second kappa shape index (κ2) is 6.31. The first-order valence-electron chi connectivity index (χ1n) is 7.26. The average Bonchev–Trinajstić information content (AvgIpc) is 2.99. The molecule has 1 aromatic heterocycles. The van der Waals surface area contributed by atoms with Gasteiger partial charge in [0.1, 0.15) is 5.76 Å². The Morgan fingerprint density at radius 1 is 0.857 bits per heavy atom. The van der Waals surface area contributed by atoms with Crippen LogP contribution in [0.5, 0.6) is 5.75 Å². The lowest BCUT2D eigenvalue weighted by Crippen LogP contribution is -1.94. The van der Waals surface area contributed by atoms with Crippen molar-refractivity contribution in [3.63, 3.8) is 0 Å². The van der Waals surface area contributed by atoms with Crippen molar-refractivity contribution >= 4 is 0 Å². The first-order valence-corrected chi connectivity index (χ1v) is 7.26. The summed E-state index contributed by atoms with van der Waals surface area (Å²) in [4.78, 5) is 0. The first kappa shape index (κ1) is 13.5. The van der Waals surface area contributed by atoms with Crippen molar-refractivity contribution in [3.05, 3.63) is 66.7 Å². The van der Waals surface area contributed by atoms with Crippen LogP contribution in [0.25, 0.3) is 22.6 Å². The molecule has 0 N–H and O–H groups in total. The quantitative estimate of drug-likeness (QED) is 0.623. The van der Waals surface area contributed by atoms with Crippen molar-refractivity contribution in [1.29, 1.82) is 0 Å². The predicted molar refractivity (Wildman–Crippen MR) is 85.4 cm³/mol. The fourth-order valence-corrected chi connectivity index (χ4v) is 2.23. The maximum Gasteiger partial charge on any atom is 0.176 e. The monoisotopic (exact) mass is 278 g/mol. The van der Waals surface area contributed by atoms with E-state index in [-0.39, 0.29) is 0 Å². The molecule has 0 bridgehead atoms. The summed E-state index contributed by atoms with van der Waals surface area (Å²) in [6, 6.07) is 22.1. The second-order valence-electron chi connectivity index (χ2n) is 4.88. The number of benzene rings is 2. The van der Waals surface area contributed by atoms with E-state index in [1.165, 1.54) is 0 Å². The Morgan fingerprint density at radius 3 is 2.10 bits per heavy atom. The SMILES string of the molecule is CCCOc1cc(-c2ccccc2)oc1-c1ccccc1. The highest BCUT2D eigenvalue weighted by molar-refractivity contribution is 5.71. The van der Waals surface area contributed by atoms with Gasteiger partial charge in [0.05, 0.1) is 6.61 Å². The maximum atomic E-state index is 6.06. The minimum atomic E-state index is 0.688. The zero-order chi connectivity index (χ0) is 14.5. The molecule has 0 aliphatic rings. The highest BCUT2D eigenvalue weighted by atomic mass is 16.5. The van der Waals surface area contributed by atoms with Gasteiger partial charge < -0.3 is 9.15 Å². The van der Waals surface area contributed by atoms with Gasteiger partial charge in [0, 0.05) is 17.2 Å². The molecule has 0 spiro atoms. The van der Waals surface area contributed by atoms with E-state index in [4.69, 9.17) is 9.15 Å². The number of hydrogen-bond donors (Lipinski definition) is 0.